The number of aromatic nitrogens is 1. The highest BCUT2D eigenvalue weighted by Gasteiger charge is 2.37. The Balaban J connectivity index is 2.04. The number of carboxylic acid groups (broad SMARTS) is 1. The van der Waals surface area contributed by atoms with Crippen molar-refractivity contribution >= 4 is 17.7 Å². The van der Waals surface area contributed by atoms with Crippen molar-refractivity contribution in [1.82, 2.24) is 9.88 Å². The molecule has 20 heavy (non-hydrogen) atoms. The van der Waals surface area contributed by atoms with Crippen molar-refractivity contribution in [2.75, 3.05) is 18.4 Å². The third-order valence-electron chi connectivity index (χ3n) is 3.68. The van der Waals surface area contributed by atoms with E-state index in [-0.39, 0.29) is 18.5 Å². The Morgan fingerprint density at radius 3 is 2.60 bits per heavy atom. The first-order valence-electron chi connectivity index (χ1n) is 6.61. The second kappa shape index (κ2) is 5.48. The van der Waals surface area contributed by atoms with E-state index in [0.717, 1.165) is 11.4 Å². The van der Waals surface area contributed by atoms with Crippen LogP contribution < -0.4 is 5.32 Å². The van der Waals surface area contributed by atoms with Gasteiger partial charge >= 0.3 is 12.0 Å². The predicted octanol–water partition coefficient (Wildman–Crippen LogP) is 1.88. The number of carbonyl (C=O) groups excluding carboxylic acids is 1. The van der Waals surface area contributed by atoms with Gasteiger partial charge in [-0.1, -0.05) is 6.92 Å². The number of carboxylic acids is 1. The van der Waals surface area contributed by atoms with Crippen LogP contribution in [0.3, 0.4) is 0 Å². The summed E-state index contributed by atoms with van der Waals surface area (Å²) in [4.78, 5) is 29.0. The number of nitrogens with zero attached hydrogens (tertiary/aromatic N) is 2. The lowest BCUT2D eigenvalue weighted by atomic mass is 9.99. The summed E-state index contributed by atoms with van der Waals surface area (Å²) in [5, 5.41) is 11.9. The number of urea groups is 1. The Morgan fingerprint density at radius 1 is 1.35 bits per heavy atom. The summed E-state index contributed by atoms with van der Waals surface area (Å²) in [6, 6.07) is 3.37. The van der Waals surface area contributed by atoms with Crippen molar-refractivity contribution in [2.45, 2.75) is 20.8 Å². The predicted molar refractivity (Wildman–Crippen MR) is 74.6 cm³/mol. The molecule has 2 rings (SSSR count). The summed E-state index contributed by atoms with van der Waals surface area (Å²) in [5.41, 5.74) is 2.30. The zero-order valence-corrected chi connectivity index (χ0v) is 11.9. The fraction of sp³-hybridized carbons (Fsp3) is 0.500. The van der Waals surface area contributed by atoms with Crippen LogP contribution >= 0.6 is 0 Å². The molecule has 0 saturated carbocycles. The molecule has 2 N–H and O–H groups in total. The maximum atomic E-state index is 12.2. The highest BCUT2D eigenvalue weighted by atomic mass is 16.4. The van der Waals surface area contributed by atoms with Gasteiger partial charge in [0.2, 0.25) is 0 Å². The molecule has 0 aliphatic carbocycles. The molecule has 0 bridgehead atoms. The van der Waals surface area contributed by atoms with Crippen LogP contribution in [0.5, 0.6) is 0 Å². The van der Waals surface area contributed by atoms with Gasteiger partial charge in [-0.2, -0.15) is 0 Å². The number of carbonyl (C=O) groups is 2. The number of rotatable bonds is 2. The fourth-order valence-electron chi connectivity index (χ4n) is 2.47. The van der Waals surface area contributed by atoms with Crippen LogP contribution in [0, 0.1) is 25.7 Å². The number of anilines is 1. The zero-order valence-electron chi connectivity index (χ0n) is 11.9. The maximum Gasteiger partial charge on any atom is 0.321 e. The third-order valence-corrected chi connectivity index (χ3v) is 3.68. The van der Waals surface area contributed by atoms with Crippen LogP contribution in [0.4, 0.5) is 10.5 Å². The van der Waals surface area contributed by atoms with E-state index in [1.807, 2.05) is 32.9 Å². The average Bonchev–Trinajstić information content (AvgIpc) is 2.75. The molecule has 1 fully saturated rings. The number of hydrogen-bond donors (Lipinski definition) is 2. The fourth-order valence-corrected chi connectivity index (χ4v) is 2.47. The Morgan fingerprint density at radius 2 is 2.05 bits per heavy atom. The van der Waals surface area contributed by atoms with Crippen molar-refractivity contribution in [3.63, 3.8) is 0 Å². The minimum absolute atomic E-state index is 0.0320. The topological polar surface area (TPSA) is 82.5 Å². The van der Waals surface area contributed by atoms with E-state index < -0.39 is 11.9 Å². The zero-order chi connectivity index (χ0) is 14.9. The monoisotopic (exact) mass is 277 g/mol. The minimum Gasteiger partial charge on any atom is -0.481 e. The highest BCUT2D eigenvalue weighted by Crippen LogP contribution is 2.24. The van der Waals surface area contributed by atoms with Gasteiger partial charge in [-0.25, -0.2) is 4.79 Å². The molecular formula is C14H19N3O3. The first-order valence-corrected chi connectivity index (χ1v) is 6.61. The number of hydrogen-bond acceptors (Lipinski definition) is 3. The number of pyridine rings is 1. The first-order chi connectivity index (χ1) is 9.38. The lowest BCUT2D eigenvalue weighted by molar-refractivity contribution is -0.142. The van der Waals surface area contributed by atoms with Crippen molar-refractivity contribution in [3.8, 4) is 0 Å². The lowest BCUT2D eigenvalue weighted by Crippen LogP contribution is -2.34. The number of aryl methyl sites for hydroxylation is 2. The van der Waals surface area contributed by atoms with Crippen molar-refractivity contribution < 1.29 is 14.7 Å². The summed E-state index contributed by atoms with van der Waals surface area (Å²) in [6.07, 6.45) is 0. The molecule has 1 aliphatic rings. The van der Waals surface area contributed by atoms with E-state index in [1.165, 1.54) is 0 Å². The molecule has 1 aromatic heterocycles. The first kappa shape index (κ1) is 14.3. The van der Waals surface area contributed by atoms with Gasteiger partial charge in [0, 0.05) is 18.8 Å². The minimum atomic E-state index is -0.846. The average molecular weight is 277 g/mol. The van der Waals surface area contributed by atoms with E-state index in [1.54, 1.807) is 4.90 Å². The van der Waals surface area contributed by atoms with Crippen molar-refractivity contribution in [2.24, 2.45) is 11.8 Å². The second-order valence-electron chi connectivity index (χ2n) is 5.34. The van der Waals surface area contributed by atoms with Gasteiger partial charge in [-0.3, -0.25) is 9.78 Å². The molecule has 0 radical (unpaired) electrons. The SMILES string of the molecule is Cc1ccc(NC(=O)N2C[C@@H](C)[C@H](C(=O)O)C2)c(C)n1. The number of amides is 2. The van der Waals surface area contributed by atoms with Gasteiger partial charge in [0.15, 0.2) is 0 Å². The van der Waals surface area contributed by atoms with Gasteiger partial charge in [-0.05, 0) is 31.9 Å². The van der Waals surface area contributed by atoms with E-state index in [2.05, 4.69) is 10.3 Å². The van der Waals surface area contributed by atoms with Gasteiger partial charge in [0.05, 0.1) is 17.3 Å². The Hall–Kier alpha value is -2.11. The summed E-state index contributed by atoms with van der Waals surface area (Å²) in [6.45, 7) is 6.28. The molecule has 2 atom stereocenters. The Labute approximate surface area is 117 Å². The Kier molecular flexibility index (Phi) is 3.92. The second-order valence-corrected chi connectivity index (χ2v) is 5.34. The van der Waals surface area contributed by atoms with Crippen LogP contribution in [0.2, 0.25) is 0 Å². The smallest absolute Gasteiger partial charge is 0.321 e. The quantitative estimate of drug-likeness (QED) is 0.864. The third kappa shape index (κ3) is 2.89. The maximum absolute atomic E-state index is 12.2. The van der Waals surface area contributed by atoms with Gasteiger partial charge < -0.3 is 15.3 Å². The van der Waals surface area contributed by atoms with Crippen LogP contribution in [-0.2, 0) is 4.79 Å². The largest absolute Gasteiger partial charge is 0.481 e. The molecule has 0 unspecified atom stereocenters. The van der Waals surface area contributed by atoms with E-state index in [4.69, 9.17) is 5.11 Å². The standard InChI is InChI=1S/C14H19N3O3/c1-8-6-17(7-11(8)13(18)19)14(20)16-12-5-4-9(2)15-10(12)3/h4-5,8,11H,6-7H2,1-3H3,(H,16,20)(H,18,19)/t8-,11-/m1/s1. The molecule has 0 spiro atoms. The molecule has 2 amide bonds. The molecule has 6 heteroatoms. The molecule has 1 saturated heterocycles. The van der Waals surface area contributed by atoms with Crippen LogP contribution in [0.1, 0.15) is 18.3 Å². The van der Waals surface area contributed by atoms with Gasteiger partial charge in [-0.15, -0.1) is 0 Å². The van der Waals surface area contributed by atoms with Crippen molar-refractivity contribution in [1.29, 1.82) is 0 Å². The molecular weight excluding hydrogens is 258 g/mol. The highest BCUT2D eigenvalue weighted by molar-refractivity contribution is 5.90. The number of nitrogens with one attached hydrogen (secondary N) is 1. The van der Waals surface area contributed by atoms with E-state index in [9.17, 15) is 9.59 Å². The van der Waals surface area contributed by atoms with E-state index >= 15 is 0 Å². The molecule has 1 aromatic rings. The summed E-state index contributed by atoms with van der Waals surface area (Å²) < 4.78 is 0. The van der Waals surface area contributed by atoms with E-state index in [0.29, 0.717) is 12.2 Å². The summed E-state index contributed by atoms with van der Waals surface area (Å²) in [7, 11) is 0. The molecule has 1 aliphatic heterocycles. The van der Waals surface area contributed by atoms with Gasteiger partial charge in [0.1, 0.15) is 0 Å². The van der Waals surface area contributed by atoms with Crippen LogP contribution in [0.25, 0.3) is 0 Å². The molecule has 2 heterocycles. The van der Waals surface area contributed by atoms with Crippen LogP contribution in [-0.4, -0.2) is 40.1 Å². The Bertz CT molecular complexity index is 544. The number of likely N-dealkylation sites (tertiary alicyclic amines) is 1. The normalized spacial score (nSPS) is 21.9. The molecule has 6 nitrogen and oxygen atoms in total. The summed E-state index contributed by atoms with van der Waals surface area (Å²) >= 11 is 0. The summed E-state index contributed by atoms with van der Waals surface area (Å²) in [5.74, 6) is -1.37. The molecule has 0 aromatic carbocycles. The lowest BCUT2D eigenvalue weighted by Gasteiger charge is -2.17. The van der Waals surface area contributed by atoms with Crippen LogP contribution in [0.15, 0.2) is 12.1 Å². The van der Waals surface area contributed by atoms with Crippen molar-refractivity contribution in [3.05, 3.63) is 23.5 Å². The number of aliphatic carboxylic acids is 1. The molecule has 108 valence electrons. The van der Waals surface area contributed by atoms with Gasteiger partial charge in [0.25, 0.3) is 0 Å².